The number of hydrogen-bond acceptors (Lipinski definition) is 2. The lowest BCUT2D eigenvalue weighted by Crippen LogP contribution is -2.24. The summed E-state index contributed by atoms with van der Waals surface area (Å²) in [5, 5.41) is 3.46. The average Bonchev–Trinajstić information content (AvgIpc) is 2.53. The quantitative estimate of drug-likeness (QED) is 0.642. The fourth-order valence-corrected chi connectivity index (χ4v) is 4.24. The van der Waals surface area contributed by atoms with Crippen LogP contribution in [0.15, 0.2) is 63.9 Å². The van der Waals surface area contributed by atoms with Gasteiger partial charge in [-0.15, -0.1) is 12.4 Å². The molecule has 2 aromatic rings. The Labute approximate surface area is 136 Å². The Morgan fingerprint density at radius 2 is 1.29 bits per heavy atom. The molecule has 0 aliphatic carbocycles. The van der Waals surface area contributed by atoms with Crippen LogP contribution in [0.2, 0.25) is 0 Å². The highest BCUT2D eigenvalue weighted by atomic mass is 35.5. The van der Waals surface area contributed by atoms with Gasteiger partial charge in [0.15, 0.2) is 0 Å². The van der Waals surface area contributed by atoms with Crippen molar-refractivity contribution in [1.82, 2.24) is 5.32 Å². The highest BCUT2D eigenvalue weighted by Crippen LogP contribution is 2.47. The largest absolute Gasteiger partial charge is 0.316 e. The standard InChI is InChI=1S/C18H17NS.ClH/c1-3-7-16-14(5-1)18(13-9-11-19-12-10-13)15-6-2-4-8-17(15)20-16;/h1-8,19H,9-12H2;1H. The van der Waals surface area contributed by atoms with Gasteiger partial charge in [-0.05, 0) is 54.8 Å². The van der Waals surface area contributed by atoms with E-state index >= 15 is 0 Å². The second kappa shape index (κ2) is 6.27. The zero-order valence-electron chi connectivity index (χ0n) is 11.8. The molecule has 0 aromatic heterocycles. The predicted molar refractivity (Wildman–Crippen MR) is 92.4 cm³/mol. The van der Waals surface area contributed by atoms with Crippen LogP contribution < -0.4 is 5.32 Å². The summed E-state index contributed by atoms with van der Waals surface area (Å²) in [6.07, 6.45) is 2.34. The minimum Gasteiger partial charge on any atom is -0.316 e. The zero-order valence-corrected chi connectivity index (χ0v) is 13.4. The van der Waals surface area contributed by atoms with Gasteiger partial charge in [0.25, 0.3) is 0 Å². The van der Waals surface area contributed by atoms with Gasteiger partial charge in [-0.1, -0.05) is 53.7 Å². The molecule has 2 aliphatic rings. The Balaban J connectivity index is 0.00000132. The van der Waals surface area contributed by atoms with Gasteiger partial charge < -0.3 is 5.32 Å². The summed E-state index contributed by atoms with van der Waals surface area (Å²) in [7, 11) is 0. The molecule has 108 valence electrons. The van der Waals surface area contributed by atoms with Crippen molar-refractivity contribution in [3.8, 4) is 0 Å². The van der Waals surface area contributed by atoms with E-state index in [2.05, 4.69) is 53.8 Å². The van der Waals surface area contributed by atoms with E-state index in [9.17, 15) is 0 Å². The molecule has 3 heteroatoms. The molecule has 0 radical (unpaired) electrons. The Hall–Kier alpha value is -1.22. The van der Waals surface area contributed by atoms with Gasteiger partial charge in [0.05, 0.1) is 0 Å². The molecule has 1 nitrogen and oxygen atoms in total. The van der Waals surface area contributed by atoms with Crippen LogP contribution in [0.4, 0.5) is 0 Å². The number of hydrogen-bond donors (Lipinski definition) is 1. The first kappa shape index (κ1) is 14.7. The third-order valence-corrected chi connectivity index (χ3v) is 5.25. The molecular weight excluding hydrogens is 298 g/mol. The third-order valence-electron chi connectivity index (χ3n) is 4.09. The summed E-state index contributed by atoms with van der Waals surface area (Å²) in [5.74, 6) is 0. The molecule has 1 N–H and O–H groups in total. The number of piperidine rings is 1. The number of nitrogens with one attached hydrogen (secondary N) is 1. The molecule has 0 bridgehead atoms. The smallest absolute Gasteiger partial charge is 0.0201 e. The number of rotatable bonds is 0. The lowest BCUT2D eigenvalue weighted by atomic mass is 9.88. The minimum absolute atomic E-state index is 0. The molecule has 2 aromatic carbocycles. The van der Waals surface area contributed by atoms with E-state index in [1.54, 1.807) is 5.57 Å². The molecule has 0 amide bonds. The van der Waals surface area contributed by atoms with Crippen LogP contribution in [0.25, 0.3) is 5.57 Å². The molecule has 0 unspecified atom stereocenters. The van der Waals surface area contributed by atoms with Gasteiger partial charge >= 0.3 is 0 Å². The highest BCUT2D eigenvalue weighted by Gasteiger charge is 2.23. The maximum absolute atomic E-state index is 3.46. The maximum Gasteiger partial charge on any atom is 0.0201 e. The van der Waals surface area contributed by atoms with E-state index in [0.717, 1.165) is 13.1 Å². The molecule has 21 heavy (non-hydrogen) atoms. The lowest BCUT2D eigenvalue weighted by Gasteiger charge is -2.27. The van der Waals surface area contributed by atoms with Gasteiger partial charge in [-0.25, -0.2) is 0 Å². The predicted octanol–water partition coefficient (Wildman–Crippen LogP) is 4.76. The third kappa shape index (κ3) is 2.64. The van der Waals surface area contributed by atoms with E-state index in [4.69, 9.17) is 0 Å². The van der Waals surface area contributed by atoms with E-state index in [-0.39, 0.29) is 12.4 Å². The molecule has 0 saturated carbocycles. The van der Waals surface area contributed by atoms with Crippen molar-refractivity contribution in [2.24, 2.45) is 0 Å². The van der Waals surface area contributed by atoms with Crippen molar-refractivity contribution in [2.75, 3.05) is 13.1 Å². The van der Waals surface area contributed by atoms with Crippen LogP contribution in [0.3, 0.4) is 0 Å². The summed E-state index contributed by atoms with van der Waals surface area (Å²) < 4.78 is 0. The van der Waals surface area contributed by atoms with E-state index < -0.39 is 0 Å². The number of halogens is 1. The Bertz CT molecular complexity index is 638. The molecule has 0 spiro atoms. The van der Waals surface area contributed by atoms with E-state index in [0.29, 0.717) is 0 Å². The lowest BCUT2D eigenvalue weighted by molar-refractivity contribution is 0.611. The van der Waals surface area contributed by atoms with Crippen LogP contribution in [0.5, 0.6) is 0 Å². The molecule has 4 rings (SSSR count). The fourth-order valence-electron chi connectivity index (χ4n) is 3.15. The average molecular weight is 316 g/mol. The summed E-state index contributed by atoms with van der Waals surface area (Å²) >= 11 is 1.90. The second-order valence-corrected chi connectivity index (χ2v) is 6.41. The van der Waals surface area contributed by atoms with Crippen LogP contribution in [-0.2, 0) is 0 Å². The fraction of sp³-hybridized carbons (Fsp3) is 0.222. The Kier molecular flexibility index (Phi) is 4.39. The molecule has 2 heterocycles. The van der Waals surface area contributed by atoms with Crippen LogP contribution in [-0.4, -0.2) is 13.1 Å². The van der Waals surface area contributed by atoms with Gasteiger partial charge in [-0.2, -0.15) is 0 Å². The van der Waals surface area contributed by atoms with Crippen molar-refractivity contribution >= 4 is 29.7 Å². The topological polar surface area (TPSA) is 12.0 Å². The van der Waals surface area contributed by atoms with Crippen molar-refractivity contribution in [1.29, 1.82) is 0 Å². The molecule has 1 fully saturated rings. The van der Waals surface area contributed by atoms with E-state index in [1.165, 1.54) is 39.3 Å². The highest BCUT2D eigenvalue weighted by molar-refractivity contribution is 7.99. The molecular formula is C18H18ClNS. The summed E-state index contributed by atoms with van der Waals surface area (Å²) in [6.45, 7) is 2.21. The first-order chi connectivity index (χ1) is 9.93. The summed E-state index contributed by atoms with van der Waals surface area (Å²) in [6, 6.07) is 17.7. The first-order valence-electron chi connectivity index (χ1n) is 7.23. The van der Waals surface area contributed by atoms with Crippen LogP contribution in [0.1, 0.15) is 24.0 Å². The monoisotopic (exact) mass is 315 g/mol. The van der Waals surface area contributed by atoms with E-state index in [1.807, 2.05) is 11.8 Å². The van der Waals surface area contributed by atoms with Gasteiger partial charge in [0.1, 0.15) is 0 Å². The Morgan fingerprint density at radius 1 is 0.762 bits per heavy atom. The van der Waals surface area contributed by atoms with Gasteiger partial charge in [0.2, 0.25) is 0 Å². The van der Waals surface area contributed by atoms with Crippen molar-refractivity contribution < 1.29 is 0 Å². The minimum atomic E-state index is 0. The summed E-state index contributed by atoms with van der Waals surface area (Å²) in [5.41, 5.74) is 5.96. The van der Waals surface area contributed by atoms with Crippen molar-refractivity contribution in [2.45, 2.75) is 22.6 Å². The van der Waals surface area contributed by atoms with Crippen LogP contribution in [0, 0.1) is 0 Å². The zero-order chi connectivity index (χ0) is 13.4. The number of benzene rings is 2. The Morgan fingerprint density at radius 3 is 1.86 bits per heavy atom. The van der Waals surface area contributed by atoms with Gasteiger partial charge in [-0.3, -0.25) is 0 Å². The molecule has 0 atom stereocenters. The maximum atomic E-state index is 3.46. The first-order valence-corrected chi connectivity index (χ1v) is 8.04. The summed E-state index contributed by atoms with van der Waals surface area (Å²) in [4.78, 5) is 2.79. The second-order valence-electron chi connectivity index (χ2n) is 5.32. The van der Waals surface area contributed by atoms with Crippen LogP contribution >= 0.6 is 24.2 Å². The van der Waals surface area contributed by atoms with Gasteiger partial charge in [0, 0.05) is 9.79 Å². The van der Waals surface area contributed by atoms with Crippen molar-refractivity contribution in [3.63, 3.8) is 0 Å². The molecule has 2 aliphatic heterocycles. The van der Waals surface area contributed by atoms with Crippen molar-refractivity contribution in [3.05, 3.63) is 65.2 Å². The normalized spacial score (nSPS) is 16.8. The SMILES string of the molecule is Cl.c1ccc2c(c1)Sc1ccccc1C2=C1CCNCC1. The number of fused-ring (bicyclic) bond motifs is 2. The molecule has 1 saturated heterocycles.